The maximum absolute atomic E-state index is 12.4. The molecule has 0 aliphatic carbocycles. The molecule has 0 aliphatic heterocycles. The lowest BCUT2D eigenvalue weighted by atomic mass is 10.1. The zero-order chi connectivity index (χ0) is 14.1. The van der Waals surface area contributed by atoms with E-state index in [-0.39, 0.29) is 5.56 Å². The maximum atomic E-state index is 12.4. The molecule has 0 bridgehead atoms. The standard InChI is InChI=1S/C14H9Cl2N3O/c15-11-5-4-9(7-12(11)16)10-8-18-19(14(10)20)13-3-1-2-6-17-13/h1-8,18H. The summed E-state index contributed by atoms with van der Waals surface area (Å²) in [6.45, 7) is 0. The van der Waals surface area contributed by atoms with Crippen molar-refractivity contribution in [3.63, 3.8) is 0 Å². The second-order valence-electron chi connectivity index (χ2n) is 4.14. The van der Waals surface area contributed by atoms with E-state index in [0.717, 1.165) is 0 Å². The quantitative estimate of drug-likeness (QED) is 0.787. The molecule has 3 aromatic rings. The van der Waals surface area contributed by atoms with E-state index in [2.05, 4.69) is 10.1 Å². The normalized spacial score (nSPS) is 10.7. The topological polar surface area (TPSA) is 50.7 Å². The average Bonchev–Trinajstić information content (AvgIpc) is 2.85. The largest absolute Gasteiger partial charge is 0.296 e. The average molecular weight is 306 g/mol. The minimum atomic E-state index is -0.193. The van der Waals surface area contributed by atoms with Gasteiger partial charge in [0.2, 0.25) is 0 Å². The van der Waals surface area contributed by atoms with Crippen LogP contribution in [0.4, 0.5) is 0 Å². The molecule has 0 amide bonds. The second-order valence-corrected chi connectivity index (χ2v) is 4.96. The number of aromatic nitrogens is 3. The van der Waals surface area contributed by atoms with E-state index in [9.17, 15) is 4.79 Å². The number of hydrogen-bond donors (Lipinski definition) is 1. The Morgan fingerprint density at radius 1 is 1.10 bits per heavy atom. The van der Waals surface area contributed by atoms with E-state index in [4.69, 9.17) is 23.2 Å². The van der Waals surface area contributed by atoms with Crippen LogP contribution in [-0.4, -0.2) is 14.8 Å². The van der Waals surface area contributed by atoms with Crippen LogP contribution in [0, 0.1) is 0 Å². The van der Waals surface area contributed by atoms with Crippen LogP contribution in [0.1, 0.15) is 0 Å². The van der Waals surface area contributed by atoms with Gasteiger partial charge in [-0.3, -0.25) is 9.89 Å². The van der Waals surface area contributed by atoms with Gasteiger partial charge in [0.05, 0.1) is 15.6 Å². The van der Waals surface area contributed by atoms with E-state index < -0.39 is 0 Å². The first-order valence-corrected chi connectivity index (χ1v) is 6.59. The summed E-state index contributed by atoms with van der Waals surface area (Å²) in [6, 6.07) is 10.4. The second kappa shape index (κ2) is 5.15. The van der Waals surface area contributed by atoms with Crippen molar-refractivity contribution in [3.8, 4) is 16.9 Å². The Kier molecular flexibility index (Phi) is 3.34. The van der Waals surface area contributed by atoms with Crippen LogP contribution in [0.2, 0.25) is 10.0 Å². The predicted molar refractivity (Wildman–Crippen MR) is 79.6 cm³/mol. The lowest BCUT2D eigenvalue weighted by Gasteiger charge is -2.00. The van der Waals surface area contributed by atoms with Gasteiger partial charge in [-0.25, -0.2) is 9.67 Å². The number of nitrogens with zero attached hydrogens (tertiary/aromatic N) is 2. The molecular formula is C14H9Cl2N3O. The molecule has 0 spiro atoms. The van der Waals surface area contributed by atoms with Gasteiger partial charge in [0.25, 0.3) is 5.56 Å². The molecule has 6 heteroatoms. The molecule has 0 atom stereocenters. The summed E-state index contributed by atoms with van der Waals surface area (Å²) in [5.41, 5.74) is 1.02. The number of aromatic amines is 1. The molecule has 20 heavy (non-hydrogen) atoms. The number of benzene rings is 1. The van der Waals surface area contributed by atoms with Crippen molar-refractivity contribution in [1.29, 1.82) is 0 Å². The Balaban J connectivity index is 2.11. The number of pyridine rings is 1. The van der Waals surface area contributed by atoms with Gasteiger partial charge in [-0.1, -0.05) is 35.3 Å². The highest BCUT2D eigenvalue weighted by molar-refractivity contribution is 6.42. The molecule has 0 saturated heterocycles. The van der Waals surface area contributed by atoms with Gasteiger partial charge in [-0.15, -0.1) is 0 Å². The van der Waals surface area contributed by atoms with Crippen LogP contribution >= 0.6 is 23.2 Å². The molecule has 2 heterocycles. The fourth-order valence-corrected chi connectivity index (χ4v) is 2.19. The van der Waals surface area contributed by atoms with Crippen molar-refractivity contribution in [2.75, 3.05) is 0 Å². The maximum Gasteiger partial charge on any atom is 0.280 e. The van der Waals surface area contributed by atoms with Crippen molar-refractivity contribution in [3.05, 3.63) is 69.2 Å². The van der Waals surface area contributed by atoms with Gasteiger partial charge in [-0.05, 0) is 29.8 Å². The number of rotatable bonds is 2. The highest BCUT2D eigenvalue weighted by Gasteiger charge is 2.11. The zero-order valence-corrected chi connectivity index (χ0v) is 11.7. The van der Waals surface area contributed by atoms with E-state index in [1.165, 1.54) is 4.68 Å². The van der Waals surface area contributed by atoms with Crippen molar-refractivity contribution in [2.45, 2.75) is 0 Å². The van der Waals surface area contributed by atoms with Crippen LogP contribution in [0.5, 0.6) is 0 Å². The minimum absolute atomic E-state index is 0.193. The van der Waals surface area contributed by atoms with Gasteiger partial charge in [-0.2, -0.15) is 0 Å². The zero-order valence-electron chi connectivity index (χ0n) is 10.2. The Morgan fingerprint density at radius 2 is 1.95 bits per heavy atom. The molecule has 0 saturated carbocycles. The Hall–Kier alpha value is -2.04. The highest BCUT2D eigenvalue weighted by atomic mass is 35.5. The molecule has 1 aromatic carbocycles. The van der Waals surface area contributed by atoms with Crippen LogP contribution in [-0.2, 0) is 0 Å². The third-order valence-electron chi connectivity index (χ3n) is 2.88. The van der Waals surface area contributed by atoms with Gasteiger partial charge >= 0.3 is 0 Å². The first-order chi connectivity index (χ1) is 9.66. The monoisotopic (exact) mass is 305 g/mol. The number of H-pyrrole nitrogens is 1. The molecule has 0 unspecified atom stereocenters. The van der Waals surface area contributed by atoms with Gasteiger partial charge in [0, 0.05) is 12.4 Å². The fourth-order valence-electron chi connectivity index (χ4n) is 1.90. The number of hydrogen-bond acceptors (Lipinski definition) is 2. The lowest BCUT2D eigenvalue weighted by molar-refractivity contribution is 0.819. The molecule has 4 nitrogen and oxygen atoms in total. The summed E-state index contributed by atoms with van der Waals surface area (Å²) < 4.78 is 1.37. The summed E-state index contributed by atoms with van der Waals surface area (Å²) in [6.07, 6.45) is 3.25. The first kappa shape index (κ1) is 13.0. The third kappa shape index (κ3) is 2.24. The summed E-state index contributed by atoms with van der Waals surface area (Å²) in [7, 11) is 0. The van der Waals surface area contributed by atoms with Crippen molar-refractivity contribution in [1.82, 2.24) is 14.8 Å². The molecular weight excluding hydrogens is 297 g/mol. The van der Waals surface area contributed by atoms with E-state index >= 15 is 0 Å². The Labute approximate surface area is 124 Å². The number of halogens is 2. The predicted octanol–water partition coefficient (Wildman–Crippen LogP) is 3.53. The van der Waals surface area contributed by atoms with Crippen molar-refractivity contribution in [2.24, 2.45) is 0 Å². The number of nitrogens with one attached hydrogen (secondary N) is 1. The molecule has 100 valence electrons. The van der Waals surface area contributed by atoms with Gasteiger partial charge < -0.3 is 0 Å². The summed E-state index contributed by atoms with van der Waals surface area (Å²) in [4.78, 5) is 16.5. The highest BCUT2D eigenvalue weighted by Crippen LogP contribution is 2.26. The SMILES string of the molecule is O=c1c(-c2ccc(Cl)c(Cl)c2)c[nH]n1-c1ccccn1. The first-order valence-electron chi connectivity index (χ1n) is 5.84. The summed E-state index contributed by atoms with van der Waals surface area (Å²) in [5, 5.41) is 3.75. The van der Waals surface area contributed by atoms with Gasteiger partial charge in [0.15, 0.2) is 5.82 Å². The van der Waals surface area contributed by atoms with Crippen LogP contribution in [0.25, 0.3) is 16.9 Å². The molecule has 0 radical (unpaired) electrons. The molecule has 0 aliphatic rings. The van der Waals surface area contributed by atoms with Crippen molar-refractivity contribution >= 4 is 23.2 Å². The third-order valence-corrected chi connectivity index (χ3v) is 3.62. The summed E-state index contributed by atoms with van der Waals surface area (Å²) in [5.74, 6) is 0.531. The molecule has 2 aromatic heterocycles. The van der Waals surface area contributed by atoms with Crippen molar-refractivity contribution < 1.29 is 0 Å². The van der Waals surface area contributed by atoms with Gasteiger partial charge in [0.1, 0.15) is 0 Å². The van der Waals surface area contributed by atoms with Crippen LogP contribution in [0.3, 0.4) is 0 Å². The molecule has 0 fully saturated rings. The minimum Gasteiger partial charge on any atom is -0.296 e. The fraction of sp³-hybridized carbons (Fsp3) is 0. The molecule has 3 rings (SSSR count). The van der Waals surface area contributed by atoms with Crippen LogP contribution in [0.15, 0.2) is 53.6 Å². The lowest BCUT2D eigenvalue weighted by Crippen LogP contribution is -2.16. The smallest absolute Gasteiger partial charge is 0.280 e. The van der Waals surface area contributed by atoms with E-state index in [0.29, 0.717) is 27.0 Å². The van der Waals surface area contributed by atoms with E-state index in [1.54, 1.807) is 42.7 Å². The molecule has 1 N–H and O–H groups in total. The van der Waals surface area contributed by atoms with E-state index in [1.807, 2.05) is 6.07 Å². The Bertz CT molecular complexity index is 809. The Morgan fingerprint density at radius 3 is 2.65 bits per heavy atom. The van der Waals surface area contributed by atoms with Crippen LogP contribution < -0.4 is 5.56 Å². The summed E-state index contributed by atoms with van der Waals surface area (Å²) >= 11 is 11.9.